The van der Waals surface area contributed by atoms with E-state index in [9.17, 15) is 0 Å². The largest absolute Gasteiger partial charge is 0.396 e. The van der Waals surface area contributed by atoms with Gasteiger partial charge in [0.15, 0.2) is 0 Å². The van der Waals surface area contributed by atoms with Gasteiger partial charge in [-0.15, -0.1) is 0 Å². The van der Waals surface area contributed by atoms with Crippen LogP contribution in [0.5, 0.6) is 0 Å². The molecule has 0 aromatic rings. The molecule has 2 nitrogen and oxygen atoms in total. The molecule has 70 valence electrons. The van der Waals surface area contributed by atoms with Gasteiger partial charge < -0.3 is 10.4 Å². The van der Waals surface area contributed by atoms with Gasteiger partial charge in [-0.2, -0.15) is 0 Å². The zero-order valence-electron chi connectivity index (χ0n) is 7.63. The molecule has 0 amide bonds. The molecule has 12 heavy (non-hydrogen) atoms. The number of nitrogens with one attached hydrogen (secondary N) is 1. The van der Waals surface area contributed by atoms with Crippen LogP contribution in [0.25, 0.3) is 0 Å². The van der Waals surface area contributed by atoms with Crippen LogP contribution in [-0.4, -0.2) is 24.3 Å². The molecule has 0 aromatic carbocycles. The minimum absolute atomic E-state index is 0.369. The number of aliphatic hydroxyl groups excluding tert-OH is 1. The van der Waals surface area contributed by atoms with Crippen LogP contribution < -0.4 is 5.32 Å². The Morgan fingerprint density at radius 2 is 2.08 bits per heavy atom. The van der Waals surface area contributed by atoms with E-state index in [0.29, 0.717) is 6.61 Å². The monoisotopic (exact) mass is 169 g/mol. The van der Waals surface area contributed by atoms with E-state index >= 15 is 0 Å². The lowest BCUT2D eigenvalue weighted by molar-refractivity contribution is 0.243. The summed E-state index contributed by atoms with van der Waals surface area (Å²) in [5, 5.41) is 12.4. The molecule has 0 bridgehead atoms. The van der Waals surface area contributed by atoms with Crippen LogP contribution in [0.15, 0.2) is 0 Å². The van der Waals surface area contributed by atoms with E-state index in [0.717, 1.165) is 24.3 Å². The molecule has 1 aliphatic carbocycles. The first-order valence-corrected chi connectivity index (χ1v) is 5.24. The summed E-state index contributed by atoms with van der Waals surface area (Å²) in [5.74, 6) is 1.78. The minimum Gasteiger partial charge on any atom is -0.396 e. The molecule has 2 aliphatic rings. The molecule has 1 saturated heterocycles. The van der Waals surface area contributed by atoms with Gasteiger partial charge in [-0.3, -0.25) is 0 Å². The third kappa shape index (κ3) is 1.99. The Labute approximate surface area is 74.4 Å². The summed E-state index contributed by atoms with van der Waals surface area (Å²) in [4.78, 5) is 0. The lowest BCUT2D eigenvalue weighted by Crippen LogP contribution is -2.27. The first kappa shape index (κ1) is 8.52. The lowest BCUT2D eigenvalue weighted by Gasteiger charge is -2.17. The highest BCUT2D eigenvalue weighted by atomic mass is 16.3. The summed E-state index contributed by atoms with van der Waals surface area (Å²) < 4.78 is 0. The lowest BCUT2D eigenvalue weighted by atomic mass is 9.93. The summed E-state index contributed by atoms with van der Waals surface area (Å²) in [6.07, 6.45) is 6.54. The average Bonchev–Trinajstić information content (AvgIpc) is 2.76. The van der Waals surface area contributed by atoms with Crippen molar-refractivity contribution in [3.05, 3.63) is 0 Å². The Balaban J connectivity index is 1.76. The van der Waals surface area contributed by atoms with Crippen LogP contribution in [0.3, 0.4) is 0 Å². The first-order chi connectivity index (χ1) is 5.90. The van der Waals surface area contributed by atoms with Crippen LogP contribution in [0.1, 0.15) is 32.1 Å². The molecule has 2 unspecified atom stereocenters. The molecule has 2 N–H and O–H groups in total. The van der Waals surface area contributed by atoms with Crippen molar-refractivity contribution in [1.82, 2.24) is 5.32 Å². The van der Waals surface area contributed by atoms with Crippen molar-refractivity contribution in [3.63, 3.8) is 0 Å². The van der Waals surface area contributed by atoms with Gasteiger partial charge in [0, 0.05) is 12.6 Å². The van der Waals surface area contributed by atoms with Crippen LogP contribution in [0.4, 0.5) is 0 Å². The Morgan fingerprint density at radius 1 is 1.25 bits per heavy atom. The first-order valence-electron chi connectivity index (χ1n) is 5.24. The summed E-state index contributed by atoms with van der Waals surface area (Å²) in [7, 11) is 0. The fourth-order valence-electron chi connectivity index (χ4n) is 2.32. The summed E-state index contributed by atoms with van der Waals surface area (Å²) in [6, 6.07) is 0.727. The molecule has 0 aromatic heterocycles. The maximum absolute atomic E-state index is 8.87. The summed E-state index contributed by atoms with van der Waals surface area (Å²) in [6.45, 7) is 1.54. The molecule has 2 heteroatoms. The number of hydrogen-bond donors (Lipinski definition) is 2. The van der Waals surface area contributed by atoms with E-state index in [-0.39, 0.29) is 0 Å². The van der Waals surface area contributed by atoms with Crippen LogP contribution in [0, 0.1) is 11.8 Å². The molecule has 2 rings (SSSR count). The maximum atomic E-state index is 8.87. The Morgan fingerprint density at radius 3 is 2.75 bits per heavy atom. The number of rotatable bonds is 4. The van der Waals surface area contributed by atoms with Crippen molar-refractivity contribution in [1.29, 1.82) is 0 Å². The minimum atomic E-state index is 0.369. The zero-order valence-corrected chi connectivity index (χ0v) is 7.63. The van der Waals surface area contributed by atoms with E-state index in [1.165, 1.54) is 32.2 Å². The second-order valence-electron chi connectivity index (χ2n) is 4.30. The number of hydrogen-bond acceptors (Lipinski definition) is 2. The quantitative estimate of drug-likeness (QED) is 0.661. The van der Waals surface area contributed by atoms with Gasteiger partial charge in [-0.05, 0) is 37.6 Å². The zero-order chi connectivity index (χ0) is 8.39. The van der Waals surface area contributed by atoms with Gasteiger partial charge in [0.2, 0.25) is 0 Å². The van der Waals surface area contributed by atoms with Gasteiger partial charge >= 0.3 is 0 Å². The molecule has 1 saturated carbocycles. The van der Waals surface area contributed by atoms with Crippen LogP contribution in [-0.2, 0) is 0 Å². The van der Waals surface area contributed by atoms with Crippen molar-refractivity contribution in [3.8, 4) is 0 Å². The van der Waals surface area contributed by atoms with Crippen LogP contribution in [0.2, 0.25) is 0 Å². The standard InChI is InChI=1S/C10H19NO/c12-6-4-9-3-5-11-10(9)7-8-1-2-8/h8-12H,1-7H2. The predicted molar refractivity (Wildman–Crippen MR) is 48.9 cm³/mol. The second-order valence-corrected chi connectivity index (χ2v) is 4.30. The Bertz CT molecular complexity index is 145. The molecule has 1 aliphatic heterocycles. The predicted octanol–water partition coefficient (Wildman–Crippen LogP) is 1.15. The maximum Gasteiger partial charge on any atom is 0.0434 e. The third-order valence-electron chi connectivity index (χ3n) is 3.27. The van der Waals surface area contributed by atoms with Gasteiger partial charge in [0.05, 0.1) is 0 Å². The van der Waals surface area contributed by atoms with Gasteiger partial charge in [-0.1, -0.05) is 12.8 Å². The average molecular weight is 169 g/mol. The van der Waals surface area contributed by atoms with E-state index in [2.05, 4.69) is 5.32 Å². The molecule has 0 spiro atoms. The molecular weight excluding hydrogens is 150 g/mol. The second kappa shape index (κ2) is 3.75. The number of aliphatic hydroxyl groups is 1. The van der Waals surface area contributed by atoms with Gasteiger partial charge in [-0.25, -0.2) is 0 Å². The van der Waals surface area contributed by atoms with Crippen molar-refractivity contribution in [2.45, 2.75) is 38.1 Å². The highest BCUT2D eigenvalue weighted by molar-refractivity contribution is 4.88. The fourth-order valence-corrected chi connectivity index (χ4v) is 2.32. The summed E-state index contributed by atoms with van der Waals surface area (Å²) in [5.41, 5.74) is 0. The molecule has 0 radical (unpaired) electrons. The van der Waals surface area contributed by atoms with Crippen molar-refractivity contribution < 1.29 is 5.11 Å². The van der Waals surface area contributed by atoms with Crippen molar-refractivity contribution in [2.75, 3.05) is 13.2 Å². The van der Waals surface area contributed by atoms with E-state index in [1.54, 1.807) is 0 Å². The molecule has 2 fully saturated rings. The Kier molecular flexibility index (Phi) is 2.66. The normalized spacial score (nSPS) is 35.8. The fraction of sp³-hybridized carbons (Fsp3) is 1.00. The van der Waals surface area contributed by atoms with Gasteiger partial charge in [0.25, 0.3) is 0 Å². The van der Waals surface area contributed by atoms with E-state index in [4.69, 9.17) is 5.11 Å². The van der Waals surface area contributed by atoms with Crippen molar-refractivity contribution >= 4 is 0 Å². The highest BCUT2D eigenvalue weighted by Gasteiger charge is 2.32. The van der Waals surface area contributed by atoms with E-state index < -0.39 is 0 Å². The molecular formula is C10H19NO. The molecule has 2 atom stereocenters. The summed E-state index contributed by atoms with van der Waals surface area (Å²) >= 11 is 0. The highest BCUT2D eigenvalue weighted by Crippen LogP contribution is 2.37. The topological polar surface area (TPSA) is 32.3 Å². The van der Waals surface area contributed by atoms with Crippen LogP contribution >= 0.6 is 0 Å². The smallest absolute Gasteiger partial charge is 0.0434 e. The SMILES string of the molecule is OCCC1CCNC1CC1CC1. The van der Waals surface area contributed by atoms with E-state index in [1.807, 2.05) is 0 Å². The van der Waals surface area contributed by atoms with Gasteiger partial charge in [0.1, 0.15) is 0 Å². The third-order valence-corrected chi connectivity index (χ3v) is 3.27. The van der Waals surface area contributed by atoms with Crippen molar-refractivity contribution in [2.24, 2.45) is 11.8 Å². The molecule has 1 heterocycles. The Hall–Kier alpha value is -0.0800.